The number of carbonyl (C=O) groups excluding carboxylic acids is 1. The Labute approximate surface area is 449 Å². The number of rotatable bonds is 8. The number of allylic oxidation sites excluding steroid dienone is 8. The number of piperazine rings is 1. The summed E-state index contributed by atoms with van der Waals surface area (Å²) in [5.74, 6) is 0.583. The van der Waals surface area contributed by atoms with Crippen molar-refractivity contribution in [3.05, 3.63) is 232 Å². The van der Waals surface area contributed by atoms with Crippen molar-refractivity contribution >= 4 is 16.9 Å². The van der Waals surface area contributed by atoms with E-state index in [0.717, 1.165) is 39.3 Å². The van der Waals surface area contributed by atoms with E-state index in [2.05, 4.69) is 217 Å². The summed E-state index contributed by atoms with van der Waals surface area (Å²) in [6.07, 6.45) is 53.6. The molecule has 1 amide bonds. The number of para-hydroxylation sites is 2. The second-order valence-corrected chi connectivity index (χ2v) is 22.6. The molecule has 1 saturated heterocycles. The number of quaternary nitrogens is 1. The number of aliphatic hydroxyl groups excluding tert-OH is 1. The van der Waals surface area contributed by atoms with E-state index in [-0.39, 0.29) is 72.6 Å². The molecule has 14 nitrogen and oxygen atoms in total. The maximum atomic E-state index is 17.8. The Balaban J connectivity index is 1.12. The van der Waals surface area contributed by atoms with Crippen LogP contribution in [-0.2, 0) is 11.2 Å². The molecule has 2 aromatic rings. The van der Waals surface area contributed by atoms with E-state index >= 15 is 4.79 Å². The Kier molecular flexibility index (Phi) is 11.3. The molecule has 10 N–H and O–H groups in total. The van der Waals surface area contributed by atoms with Crippen LogP contribution in [0, 0.1) is 17.8 Å². The SMILES string of the molecule is O=C(C1=C2C=CC=CC2NC2C=CNCC12)N1CC[N+](CCO)(C2=C3C=CC=CC3NC3=CCNC=C32)C(C2=C3C=CC=CC3NC3C=CNCC23)C1(Cc1nc2ccccc2[nH]1)C1=C2C=CC=CC2NC2C=CNCC12. The van der Waals surface area contributed by atoms with Gasteiger partial charge < -0.3 is 41.6 Å². The first-order valence-corrected chi connectivity index (χ1v) is 28.0. The van der Waals surface area contributed by atoms with Gasteiger partial charge in [0.15, 0.2) is 0 Å². The maximum Gasteiger partial charge on any atom is 0.251 e. The topological polar surface area (TPSA) is 165 Å². The third-order valence-electron chi connectivity index (χ3n) is 18.9. The Bertz CT molecular complexity index is 3370. The van der Waals surface area contributed by atoms with Crippen molar-refractivity contribution in [1.29, 1.82) is 0 Å². The highest BCUT2D eigenvalue weighted by molar-refractivity contribution is 5.98. The highest BCUT2D eigenvalue weighted by Crippen LogP contribution is 2.57. The number of fused-ring (bicyclic) bond motifs is 9. The zero-order valence-corrected chi connectivity index (χ0v) is 43.1. The fraction of sp³-hybridized carbons (Fsp3) is 0.333. The number of aliphatic hydroxyl groups is 1. The summed E-state index contributed by atoms with van der Waals surface area (Å²) >= 11 is 0. The molecule has 15 rings (SSSR count). The first kappa shape index (κ1) is 46.8. The normalized spacial score (nSPS) is 36.5. The summed E-state index contributed by atoms with van der Waals surface area (Å²) in [7, 11) is 0. The van der Waals surface area contributed by atoms with E-state index in [0.29, 0.717) is 56.7 Å². The zero-order chi connectivity index (χ0) is 51.2. The lowest BCUT2D eigenvalue weighted by molar-refractivity contribution is -0.921. The molecule has 9 aliphatic heterocycles. The Morgan fingerprint density at radius 3 is 2.05 bits per heavy atom. The Morgan fingerprint density at radius 1 is 0.688 bits per heavy atom. The smallest absolute Gasteiger partial charge is 0.251 e. The summed E-state index contributed by atoms with van der Waals surface area (Å²) in [6, 6.07) is 7.22. The van der Waals surface area contributed by atoms with Gasteiger partial charge in [0.05, 0.1) is 53.9 Å². The molecule has 0 bridgehead atoms. The molecule has 10 heterocycles. The van der Waals surface area contributed by atoms with Gasteiger partial charge in [-0.2, -0.15) is 0 Å². The van der Waals surface area contributed by atoms with E-state index in [1.807, 2.05) is 6.20 Å². The minimum Gasteiger partial charge on any atom is -0.390 e. The van der Waals surface area contributed by atoms with Gasteiger partial charge in [0.1, 0.15) is 36.2 Å². The van der Waals surface area contributed by atoms with Gasteiger partial charge in [0.25, 0.3) is 5.91 Å². The van der Waals surface area contributed by atoms with Gasteiger partial charge in [0, 0.05) is 97.1 Å². The Hall–Kier alpha value is -7.46. The average Bonchev–Trinajstić information content (AvgIpc) is 4.01. The molecule has 0 saturated carbocycles. The van der Waals surface area contributed by atoms with E-state index in [4.69, 9.17) is 4.98 Å². The van der Waals surface area contributed by atoms with Crippen LogP contribution < -0.4 is 42.5 Å². The summed E-state index contributed by atoms with van der Waals surface area (Å²) in [4.78, 5) is 29.7. The molecule has 1 aromatic carbocycles. The monoisotopic (exact) mass is 1020 g/mol. The van der Waals surface area contributed by atoms with Crippen molar-refractivity contribution in [2.45, 2.75) is 60.3 Å². The molecular weight excluding hydrogens is 957 g/mol. The predicted molar refractivity (Wildman–Crippen MR) is 301 cm³/mol. The number of benzene rings is 1. The molecule has 1 fully saturated rings. The van der Waals surface area contributed by atoms with E-state index < -0.39 is 11.6 Å². The molecule has 390 valence electrons. The van der Waals surface area contributed by atoms with Crippen LogP contribution in [0.25, 0.3) is 11.0 Å². The van der Waals surface area contributed by atoms with Gasteiger partial charge in [-0.15, -0.1) is 0 Å². The lowest BCUT2D eigenvalue weighted by Gasteiger charge is -2.66. The first-order valence-electron chi connectivity index (χ1n) is 28.0. The van der Waals surface area contributed by atoms with Gasteiger partial charge in [-0.05, 0) is 59.1 Å². The highest BCUT2D eigenvalue weighted by Gasteiger charge is 2.69. The van der Waals surface area contributed by atoms with Crippen LogP contribution in [0.1, 0.15) is 5.82 Å². The standard InChI is InChI=1S/C63H67N12O2/c76-32-31-75(60-41-14-4-8-18-49(41)71-53-24-28-67-37-45(53)60)30-29-74(62(77)58-39-12-2-6-16-47(39)69-51-22-26-65-35-43(51)58)63(33-56-72-54-19-9-10-20-55(54)73-56,59-40-13-3-7-17-48(40)70-52-23-27-66-36-44(52)59)61(75)57-38-11-1-5-15-46(38)68-50-21-25-64-34-42(50)57/h1-27,37,42-44,46-52,61,64-71,76H,28-36H2,(H,72,73)/q+1. The molecule has 1 aromatic heterocycles. The predicted octanol–water partition coefficient (Wildman–Crippen LogP) is 4.08. The van der Waals surface area contributed by atoms with Gasteiger partial charge >= 0.3 is 0 Å². The van der Waals surface area contributed by atoms with Crippen molar-refractivity contribution in [3.63, 3.8) is 0 Å². The van der Waals surface area contributed by atoms with Crippen LogP contribution in [-0.4, -0.2) is 137 Å². The van der Waals surface area contributed by atoms with Crippen molar-refractivity contribution in [2.75, 3.05) is 52.4 Å². The van der Waals surface area contributed by atoms with Crippen LogP contribution in [0.15, 0.2) is 227 Å². The average molecular weight is 1020 g/mol. The molecule has 0 spiro atoms. The van der Waals surface area contributed by atoms with E-state index in [1.54, 1.807) is 0 Å². The molecule has 13 aliphatic rings. The van der Waals surface area contributed by atoms with Crippen LogP contribution in [0.4, 0.5) is 0 Å². The number of nitrogens with zero attached hydrogens (tertiary/aromatic N) is 3. The molecular formula is C63H67N12O2+. The van der Waals surface area contributed by atoms with E-state index in [1.165, 1.54) is 33.6 Å². The summed E-state index contributed by atoms with van der Waals surface area (Å²) in [6.45, 7) is 3.93. The molecule has 0 radical (unpaired) electrons. The third-order valence-corrected chi connectivity index (χ3v) is 18.9. The molecule has 14 heteroatoms. The minimum absolute atomic E-state index is 0.0257. The number of amides is 1. The van der Waals surface area contributed by atoms with Crippen LogP contribution in [0.3, 0.4) is 0 Å². The van der Waals surface area contributed by atoms with Crippen molar-refractivity contribution in [2.24, 2.45) is 17.8 Å². The minimum atomic E-state index is -1.17. The van der Waals surface area contributed by atoms with Crippen molar-refractivity contribution in [3.8, 4) is 0 Å². The number of aromatic nitrogens is 2. The maximum absolute atomic E-state index is 17.8. The van der Waals surface area contributed by atoms with Gasteiger partial charge in [-0.3, -0.25) is 25.2 Å². The molecule has 4 aliphatic carbocycles. The van der Waals surface area contributed by atoms with Gasteiger partial charge in [-0.25, -0.2) is 4.98 Å². The Morgan fingerprint density at radius 2 is 1.31 bits per heavy atom. The summed E-state index contributed by atoms with van der Waals surface area (Å²) in [5.41, 5.74) is 12.1. The molecule has 77 heavy (non-hydrogen) atoms. The number of dihydropyridines is 1. The summed E-state index contributed by atoms with van der Waals surface area (Å²) in [5, 5.41) is 43.3. The lowest BCUT2D eigenvalue weighted by atomic mass is 9.58. The first-order chi connectivity index (χ1) is 38.0. The highest BCUT2D eigenvalue weighted by atomic mass is 16.3. The van der Waals surface area contributed by atoms with Crippen LogP contribution >= 0.6 is 0 Å². The number of imidazole rings is 1. The van der Waals surface area contributed by atoms with Gasteiger partial charge in [0.2, 0.25) is 0 Å². The molecule has 13 atom stereocenters. The van der Waals surface area contributed by atoms with E-state index in [9.17, 15) is 5.11 Å². The largest absolute Gasteiger partial charge is 0.390 e. The lowest BCUT2D eigenvalue weighted by Crippen LogP contribution is -2.81. The van der Waals surface area contributed by atoms with Crippen molar-refractivity contribution < 1.29 is 14.4 Å². The van der Waals surface area contributed by atoms with Crippen LogP contribution in [0.5, 0.6) is 0 Å². The fourth-order valence-corrected chi connectivity index (χ4v) is 16.0. The second-order valence-electron chi connectivity index (χ2n) is 22.6. The van der Waals surface area contributed by atoms with Crippen LogP contribution in [0.2, 0.25) is 0 Å². The van der Waals surface area contributed by atoms with Crippen molar-refractivity contribution in [1.82, 2.24) is 57.4 Å². The number of aromatic amines is 1. The number of nitrogens with one attached hydrogen (secondary N) is 9. The quantitative estimate of drug-likeness (QED) is 0.174. The number of hydrogen-bond acceptors (Lipinski definition) is 11. The zero-order valence-electron chi connectivity index (χ0n) is 43.1. The number of H-pyrrole nitrogens is 1. The number of hydrogen-bond donors (Lipinski definition) is 10. The fourth-order valence-electron chi connectivity index (χ4n) is 16.0. The van der Waals surface area contributed by atoms with Gasteiger partial charge in [-0.1, -0.05) is 128 Å². The third kappa shape index (κ3) is 7.25. The molecule has 13 unspecified atom stereocenters. The number of carbonyl (C=O) groups is 1. The summed E-state index contributed by atoms with van der Waals surface area (Å²) < 4.78 is 0.386. The second kappa shape index (κ2) is 18.6.